The molecular formula is C13H6BrCl2F2N3. The van der Waals surface area contributed by atoms with Crippen LogP contribution in [0.15, 0.2) is 28.7 Å². The van der Waals surface area contributed by atoms with Crippen LogP contribution in [0.2, 0.25) is 10.0 Å². The Morgan fingerprint density at radius 3 is 2.33 bits per heavy atom. The maximum Gasteiger partial charge on any atom is 0.205 e. The van der Waals surface area contributed by atoms with E-state index in [-0.39, 0.29) is 20.5 Å². The van der Waals surface area contributed by atoms with Gasteiger partial charge in [0.1, 0.15) is 5.82 Å². The molecule has 1 aromatic heterocycles. The number of halogens is 5. The van der Waals surface area contributed by atoms with Gasteiger partial charge in [0.05, 0.1) is 31.2 Å². The van der Waals surface area contributed by atoms with E-state index in [1.807, 2.05) is 0 Å². The highest BCUT2D eigenvalue weighted by Crippen LogP contribution is 2.32. The predicted octanol–water partition coefficient (Wildman–Crippen LogP) is 4.96. The summed E-state index contributed by atoms with van der Waals surface area (Å²) in [6.07, 6.45) is 0. The topological polar surface area (TPSA) is 43.8 Å². The second-order valence-corrected chi connectivity index (χ2v) is 5.95. The third-order valence-electron chi connectivity index (χ3n) is 2.95. The van der Waals surface area contributed by atoms with Gasteiger partial charge in [0, 0.05) is 6.07 Å². The molecule has 0 aliphatic heterocycles. The SMILES string of the molecule is Nc1nc2cc(Br)c(F)cc2n1-c1cc(Cl)c(F)c(Cl)c1. The predicted molar refractivity (Wildman–Crippen MR) is 83.1 cm³/mol. The molecule has 0 saturated heterocycles. The summed E-state index contributed by atoms with van der Waals surface area (Å²) < 4.78 is 29.0. The zero-order valence-corrected chi connectivity index (χ0v) is 13.3. The molecule has 0 saturated carbocycles. The lowest BCUT2D eigenvalue weighted by Crippen LogP contribution is -2.01. The van der Waals surface area contributed by atoms with Crippen LogP contribution in [-0.2, 0) is 0 Å². The first kappa shape index (κ1) is 14.6. The van der Waals surface area contributed by atoms with Crippen molar-refractivity contribution in [1.82, 2.24) is 9.55 Å². The molecule has 0 aliphatic rings. The fourth-order valence-electron chi connectivity index (χ4n) is 2.03. The molecule has 3 aromatic rings. The summed E-state index contributed by atoms with van der Waals surface area (Å²) in [7, 11) is 0. The number of nitrogen functional groups attached to an aromatic ring is 1. The molecule has 3 nitrogen and oxygen atoms in total. The number of aromatic nitrogens is 2. The average Bonchev–Trinajstić information content (AvgIpc) is 2.71. The van der Waals surface area contributed by atoms with Gasteiger partial charge in [-0.15, -0.1) is 0 Å². The second-order valence-electron chi connectivity index (χ2n) is 4.28. The van der Waals surface area contributed by atoms with E-state index in [0.29, 0.717) is 16.7 Å². The van der Waals surface area contributed by atoms with E-state index in [1.165, 1.54) is 28.8 Å². The van der Waals surface area contributed by atoms with Gasteiger partial charge in [-0.3, -0.25) is 4.57 Å². The average molecular weight is 393 g/mol. The van der Waals surface area contributed by atoms with Crippen LogP contribution in [0.3, 0.4) is 0 Å². The molecule has 0 fully saturated rings. The Morgan fingerprint density at radius 2 is 1.71 bits per heavy atom. The lowest BCUT2D eigenvalue weighted by molar-refractivity contribution is 0.622. The molecule has 0 amide bonds. The van der Waals surface area contributed by atoms with Gasteiger partial charge in [-0.2, -0.15) is 0 Å². The van der Waals surface area contributed by atoms with Crippen LogP contribution in [0, 0.1) is 11.6 Å². The van der Waals surface area contributed by atoms with Crippen LogP contribution < -0.4 is 5.73 Å². The van der Waals surface area contributed by atoms with Crippen molar-refractivity contribution in [3.8, 4) is 5.69 Å². The van der Waals surface area contributed by atoms with Crippen LogP contribution in [0.4, 0.5) is 14.7 Å². The van der Waals surface area contributed by atoms with Gasteiger partial charge < -0.3 is 5.73 Å². The molecule has 1 heterocycles. The van der Waals surface area contributed by atoms with E-state index in [0.717, 1.165) is 0 Å². The highest BCUT2D eigenvalue weighted by molar-refractivity contribution is 9.10. The van der Waals surface area contributed by atoms with Crippen molar-refractivity contribution in [1.29, 1.82) is 0 Å². The zero-order valence-electron chi connectivity index (χ0n) is 10.2. The summed E-state index contributed by atoms with van der Waals surface area (Å²) in [6.45, 7) is 0. The Kier molecular flexibility index (Phi) is 3.55. The van der Waals surface area contributed by atoms with Crippen molar-refractivity contribution in [3.05, 3.63) is 50.4 Å². The van der Waals surface area contributed by atoms with E-state index < -0.39 is 11.6 Å². The van der Waals surface area contributed by atoms with Crippen molar-refractivity contribution >= 4 is 56.1 Å². The second kappa shape index (κ2) is 5.12. The highest BCUT2D eigenvalue weighted by Gasteiger charge is 2.16. The molecule has 0 spiro atoms. The van der Waals surface area contributed by atoms with E-state index in [1.54, 1.807) is 0 Å². The van der Waals surface area contributed by atoms with Gasteiger partial charge >= 0.3 is 0 Å². The van der Waals surface area contributed by atoms with E-state index >= 15 is 0 Å². The molecule has 0 bridgehead atoms. The van der Waals surface area contributed by atoms with E-state index in [9.17, 15) is 8.78 Å². The van der Waals surface area contributed by atoms with E-state index in [2.05, 4.69) is 20.9 Å². The molecule has 8 heteroatoms. The fourth-order valence-corrected chi connectivity index (χ4v) is 2.84. The summed E-state index contributed by atoms with van der Waals surface area (Å²) in [5, 5.41) is -0.312. The van der Waals surface area contributed by atoms with Gasteiger partial charge in [-0.25, -0.2) is 13.8 Å². The van der Waals surface area contributed by atoms with Crippen molar-refractivity contribution in [2.75, 3.05) is 5.73 Å². The zero-order chi connectivity index (χ0) is 15.3. The lowest BCUT2D eigenvalue weighted by Gasteiger charge is -2.09. The summed E-state index contributed by atoms with van der Waals surface area (Å²) in [5.41, 5.74) is 7.16. The monoisotopic (exact) mass is 391 g/mol. The fraction of sp³-hybridized carbons (Fsp3) is 0. The molecule has 0 radical (unpaired) electrons. The Labute approximate surface area is 136 Å². The number of imidazole rings is 1. The molecule has 2 aromatic carbocycles. The first-order chi connectivity index (χ1) is 9.88. The van der Waals surface area contributed by atoms with Crippen LogP contribution in [0.1, 0.15) is 0 Å². The maximum atomic E-state index is 13.7. The summed E-state index contributed by atoms with van der Waals surface area (Å²) in [6, 6.07) is 5.47. The number of anilines is 1. The minimum Gasteiger partial charge on any atom is -0.369 e. The molecule has 0 aliphatic carbocycles. The number of nitrogens with two attached hydrogens (primary N) is 1. The third-order valence-corrected chi connectivity index (χ3v) is 4.11. The number of nitrogens with zero attached hydrogens (tertiary/aromatic N) is 2. The standard InChI is InChI=1S/C13H6BrCl2F2N3/c14-6-3-10-11(4-9(6)17)21(13(19)20-10)5-1-7(15)12(18)8(16)2-5/h1-4H,(H2,19,20). The summed E-state index contributed by atoms with van der Waals surface area (Å²) >= 11 is 14.6. The molecule has 2 N–H and O–H groups in total. The van der Waals surface area contributed by atoms with Crippen LogP contribution >= 0.6 is 39.1 Å². The van der Waals surface area contributed by atoms with Crippen LogP contribution in [0.5, 0.6) is 0 Å². The van der Waals surface area contributed by atoms with Crippen LogP contribution in [-0.4, -0.2) is 9.55 Å². The number of fused-ring (bicyclic) bond motifs is 1. The minimum absolute atomic E-state index is 0.112. The van der Waals surface area contributed by atoms with Gasteiger partial charge in [-0.1, -0.05) is 23.2 Å². The molecule has 108 valence electrons. The molecule has 0 atom stereocenters. The van der Waals surface area contributed by atoms with Crippen molar-refractivity contribution in [3.63, 3.8) is 0 Å². The number of benzene rings is 2. The minimum atomic E-state index is -0.723. The molecule has 0 unspecified atom stereocenters. The Morgan fingerprint density at radius 1 is 1.10 bits per heavy atom. The van der Waals surface area contributed by atoms with Crippen LogP contribution in [0.25, 0.3) is 16.7 Å². The van der Waals surface area contributed by atoms with Crippen molar-refractivity contribution < 1.29 is 8.78 Å². The lowest BCUT2D eigenvalue weighted by atomic mass is 10.2. The van der Waals surface area contributed by atoms with Gasteiger partial charge in [0.2, 0.25) is 5.95 Å². The molecular weight excluding hydrogens is 387 g/mol. The third kappa shape index (κ3) is 2.37. The molecule has 21 heavy (non-hydrogen) atoms. The first-order valence-corrected chi connectivity index (χ1v) is 7.21. The van der Waals surface area contributed by atoms with Gasteiger partial charge in [-0.05, 0) is 34.1 Å². The summed E-state index contributed by atoms with van der Waals surface area (Å²) in [5.74, 6) is -1.08. The highest BCUT2D eigenvalue weighted by atomic mass is 79.9. The smallest absolute Gasteiger partial charge is 0.205 e. The number of hydrogen-bond acceptors (Lipinski definition) is 2. The Balaban J connectivity index is 2.34. The summed E-state index contributed by atoms with van der Waals surface area (Å²) in [4.78, 5) is 4.14. The molecule has 3 rings (SSSR count). The van der Waals surface area contributed by atoms with Gasteiger partial charge in [0.15, 0.2) is 5.82 Å². The van der Waals surface area contributed by atoms with E-state index in [4.69, 9.17) is 28.9 Å². The quantitative estimate of drug-likeness (QED) is 0.595. The Bertz CT molecular complexity index is 856. The van der Waals surface area contributed by atoms with Gasteiger partial charge in [0.25, 0.3) is 0 Å². The first-order valence-electron chi connectivity index (χ1n) is 5.66. The maximum absolute atomic E-state index is 13.7. The van der Waals surface area contributed by atoms with Crippen molar-refractivity contribution in [2.24, 2.45) is 0 Å². The number of hydrogen-bond donors (Lipinski definition) is 1. The number of rotatable bonds is 1. The van der Waals surface area contributed by atoms with Crippen molar-refractivity contribution in [2.45, 2.75) is 0 Å². The normalized spacial score (nSPS) is 11.3. The largest absolute Gasteiger partial charge is 0.369 e. The Hall–Kier alpha value is -1.37.